The first-order valence-electron chi connectivity index (χ1n) is 11.4. The van der Waals surface area contributed by atoms with Crippen LogP contribution in [0.2, 0.25) is 0 Å². The maximum Gasteiger partial charge on any atom is 0.261 e. The van der Waals surface area contributed by atoms with Crippen molar-refractivity contribution >= 4 is 27.7 Å². The van der Waals surface area contributed by atoms with Crippen LogP contribution >= 0.6 is 15.9 Å². The highest BCUT2D eigenvalue weighted by atomic mass is 79.9. The van der Waals surface area contributed by atoms with Crippen molar-refractivity contribution < 1.29 is 14.3 Å². The van der Waals surface area contributed by atoms with Gasteiger partial charge in [0.1, 0.15) is 11.8 Å². The summed E-state index contributed by atoms with van der Waals surface area (Å²) in [4.78, 5) is 28.3. The molecule has 3 aromatic rings. The van der Waals surface area contributed by atoms with Crippen molar-refractivity contribution in [3.05, 3.63) is 99.5 Å². The number of benzene rings is 3. The van der Waals surface area contributed by atoms with Crippen LogP contribution in [0.3, 0.4) is 0 Å². The fourth-order valence-electron chi connectivity index (χ4n) is 3.79. The van der Waals surface area contributed by atoms with E-state index < -0.39 is 6.04 Å². The van der Waals surface area contributed by atoms with Gasteiger partial charge in [-0.1, -0.05) is 76.1 Å². The Kier molecular flexibility index (Phi) is 9.28. The van der Waals surface area contributed by atoms with Crippen LogP contribution in [0.15, 0.2) is 77.3 Å². The van der Waals surface area contributed by atoms with E-state index >= 15 is 0 Å². The topological polar surface area (TPSA) is 58.6 Å². The molecule has 3 rings (SSSR count). The number of rotatable bonds is 10. The molecule has 0 aliphatic heterocycles. The summed E-state index contributed by atoms with van der Waals surface area (Å²) < 4.78 is 6.82. The highest BCUT2D eigenvalue weighted by Gasteiger charge is 2.30. The van der Waals surface area contributed by atoms with Crippen LogP contribution in [0.4, 0.5) is 0 Å². The van der Waals surface area contributed by atoms with Crippen molar-refractivity contribution in [2.75, 3.05) is 13.2 Å². The molecule has 0 radical (unpaired) electrons. The predicted molar refractivity (Wildman–Crippen MR) is 139 cm³/mol. The summed E-state index contributed by atoms with van der Waals surface area (Å²) in [7, 11) is 0. The lowest BCUT2D eigenvalue weighted by molar-refractivity contribution is -0.142. The van der Waals surface area contributed by atoms with Gasteiger partial charge in [0.05, 0.1) is 0 Å². The second-order valence-electron chi connectivity index (χ2n) is 8.31. The van der Waals surface area contributed by atoms with Crippen molar-refractivity contribution in [2.24, 2.45) is 0 Å². The highest BCUT2D eigenvalue weighted by molar-refractivity contribution is 9.10. The number of carbonyl (C=O) groups is 2. The molecule has 0 fully saturated rings. The highest BCUT2D eigenvalue weighted by Crippen LogP contribution is 2.22. The van der Waals surface area contributed by atoms with Gasteiger partial charge < -0.3 is 15.0 Å². The molecule has 0 bridgehead atoms. The number of aryl methyl sites for hydroxylation is 2. The van der Waals surface area contributed by atoms with Crippen LogP contribution in [0.25, 0.3) is 0 Å². The average Bonchev–Trinajstić information content (AvgIpc) is 2.82. The summed E-state index contributed by atoms with van der Waals surface area (Å²) in [6.45, 7) is 6.51. The standard InChI is InChI=1S/C28H31BrN2O3/c1-4-30-28(33)26(17-22-10-6-5-7-11-22)31(18-23-12-8-9-20(2)15-23)27(32)19-34-24-13-14-25(29)21(3)16-24/h5-16,26H,4,17-19H2,1-3H3,(H,30,33)/t26-/m1/s1. The van der Waals surface area contributed by atoms with Crippen LogP contribution in [0.1, 0.15) is 29.2 Å². The number of amides is 2. The van der Waals surface area contributed by atoms with Crippen molar-refractivity contribution in [2.45, 2.75) is 39.8 Å². The minimum atomic E-state index is -0.661. The van der Waals surface area contributed by atoms with Gasteiger partial charge in [-0.15, -0.1) is 0 Å². The Morgan fingerprint density at radius 1 is 0.971 bits per heavy atom. The average molecular weight is 523 g/mol. The Morgan fingerprint density at radius 3 is 2.38 bits per heavy atom. The molecule has 5 nitrogen and oxygen atoms in total. The minimum absolute atomic E-state index is 0.155. The maximum atomic E-state index is 13.5. The van der Waals surface area contributed by atoms with Crippen molar-refractivity contribution in [1.82, 2.24) is 10.2 Å². The third-order valence-corrected chi connectivity index (χ3v) is 6.44. The van der Waals surface area contributed by atoms with E-state index in [1.807, 2.05) is 93.6 Å². The number of hydrogen-bond acceptors (Lipinski definition) is 3. The first kappa shape index (κ1) is 25.5. The summed E-state index contributed by atoms with van der Waals surface area (Å²) in [5, 5.41) is 2.91. The monoisotopic (exact) mass is 522 g/mol. The second-order valence-corrected chi connectivity index (χ2v) is 9.16. The molecule has 34 heavy (non-hydrogen) atoms. The number of halogens is 1. The van der Waals surface area contributed by atoms with E-state index in [4.69, 9.17) is 4.74 Å². The van der Waals surface area contributed by atoms with Gasteiger partial charge >= 0.3 is 0 Å². The zero-order valence-corrected chi connectivity index (χ0v) is 21.5. The molecule has 0 unspecified atom stereocenters. The molecule has 1 atom stereocenters. The number of hydrogen-bond donors (Lipinski definition) is 1. The molecule has 0 aromatic heterocycles. The van der Waals surface area contributed by atoms with E-state index in [-0.39, 0.29) is 18.4 Å². The summed E-state index contributed by atoms with van der Waals surface area (Å²) in [6, 6.07) is 22.7. The molecule has 0 heterocycles. The van der Waals surface area contributed by atoms with E-state index in [0.29, 0.717) is 25.3 Å². The fourth-order valence-corrected chi connectivity index (χ4v) is 4.03. The molecule has 0 spiro atoms. The lowest BCUT2D eigenvalue weighted by Crippen LogP contribution is -2.51. The molecular weight excluding hydrogens is 492 g/mol. The van der Waals surface area contributed by atoms with Gasteiger partial charge in [0.2, 0.25) is 5.91 Å². The lowest BCUT2D eigenvalue weighted by atomic mass is 10.0. The largest absolute Gasteiger partial charge is 0.484 e. The molecule has 178 valence electrons. The third kappa shape index (κ3) is 7.19. The van der Waals surface area contributed by atoms with Crippen LogP contribution in [-0.2, 0) is 22.6 Å². The predicted octanol–water partition coefficient (Wildman–Crippen LogP) is 5.22. The molecule has 3 aromatic carbocycles. The SMILES string of the molecule is CCNC(=O)[C@@H](Cc1ccccc1)N(Cc1cccc(C)c1)C(=O)COc1ccc(Br)c(C)c1. The molecule has 0 saturated heterocycles. The van der Waals surface area contributed by atoms with E-state index in [1.54, 1.807) is 4.90 Å². The minimum Gasteiger partial charge on any atom is -0.484 e. The normalized spacial score (nSPS) is 11.5. The Balaban J connectivity index is 1.89. The van der Waals surface area contributed by atoms with Crippen LogP contribution in [0.5, 0.6) is 5.75 Å². The van der Waals surface area contributed by atoms with Gasteiger partial charge in [0.25, 0.3) is 5.91 Å². The van der Waals surface area contributed by atoms with E-state index in [1.165, 1.54) is 0 Å². The van der Waals surface area contributed by atoms with Crippen molar-refractivity contribution in [3.63, 3.8) is 0 Å². The van der Waals surface area contributed by atoms with Crippen molar-refractivity contribution in [3.8, 4) is 5.75 Å². The second kappa shape index (κ2) is 12.4. The van der Waals surface area contributed by atoms with Crippen LogP contribution in [0, 0.1) is 13.8 Å². The van der Waals surface area contributed by atoms with E-state index in [0.717, 1.165) is 26.7 Å². The Labute approximate surface area is 210 Å². The smallest absolute Gasteiger partial charge is 0.261 e. The molecule has 0 aliphatic rings. The number of likely N-dealkylation sites (N-methyl/N-ethyl adjacent to an activating group) is 1. The summed E-state index contributed by atoms with van der Waals surface area (Å²) in [5.74, 6) is 0.197. The first-order valence-corrected chi connectivity index (χ1v) is 12.2. The van der Waals surface area contributed by atoms with Gasteiger partial charge in [-0.3, -0.25) is 9.59 Å². The van der Waals surface area contributed by atoms with Crippen LogP contribution in [-0.4, -0.2) is 35.9 Å². The number of ether oxygens (including phenoxy) is 1. The zero-order valence-electron chi connectivity index (χ0n) is 19.9. The molecular formula is C28H31BrN2O3. The summed E-state index contributed by atoms with van der Waals surface area (Å²) in [5.41, 5.74) is 4.08. The third-order valence-electron chi connectivity index (χ3n) is 5.55. The Bertz CT molecular complexity index is 1120. The van der Waals surface area contributed by atoms with Gasteiger partial charge in [-0.05, 0) is 55.7 Å². The molecule has 6 heteroatoms. The van der Waals surface area contributed by atoms with E-state index in [9.17, 15) is 9.59 Å². The zero-order chi connectivity index (χ0) is 24.5. The van der Waals surface area contributed by atoms with Crippen LogP contribution < -0.4 is 10.1 Å². The Hall–Kier alpha value is -3.12. The number of carbonyl (C=O) groups excluding carboxylic acids is 2. The number of nitrogens with zero attached hydrogens (tertiary/aromatic N) is 1. The van der Waals surface area contributed by atoms with E-state index in [2.05, 4.69) is 21.2 Å². The molecule has 0 saturated carbocycles. The van der Waals surface area contributed by atoms with Gasteiger partial charge in [0, 0.05) is 24.0 Å². The first-order chi connectivity index (χ1) is 16.4. The molecule has 2 amide bonds. The fraction of sp³-hybridized carbons (Fsp3) is 0.286. The summed E-state index contributed by atoms with van der Waals surface area (Å²) in [6.07, 6.45) is 0.418. The van der Waals surface area contributed by atoms with Crippen molar-refractivity contribution in [1.29, 1.82) is 0 Å². The number of nitrogens with one attached hydrogen (secondary N) is 1. The van der Waals surface area contributed by atoms with Gasteiger partial charge in [-0.25, -0.2) is 0 Å². The molecule has 0 aliphatic carbocycles. The maximum absolute atomic E-state index is 13.5. The van der Waals surface area contributed by atoms with Gasteiger partial charge in [0.15, 0.2) is 6.61 Å². The quantitative estimate of drug-likeness (QED) is 0.397. The lowest BCUT2D eigenvalue weighted by Gasteiger charge is -2.31. The summed E-state index contributed by atoms with van der Waals surface area (Å²) >= 11 is 3.48. The Morgan fingerprint density at radius 2 is 1.71 bits per heavy atom. The van der Waals surface area contributed by atoms with Gasteiger partial charge in [-0.2, -0.15) is 0 Å². The molecule has 1 N–H and O–H groups in total.